The van der Waals surface area contributed by atoms with Crippen LogP contribution in [0, 0.1) is 5.82 Å². The fourth-order valence-electron chi connectivity index (χ4n) is 1.07. The van der Waals surface area contributed by atoms with Crippen LogP contribution in [0.25, 0.3) is 0 Å². The van der Waals surface area contributed by atoms with Crippen molar-refractivity contribution in [3.05, 3.63) is 33.5 Å². The minimum atomic E-state index is -3.11. The van der Waals surface area contributed by atoms with Crippen molar-refractivity contribution in [2.45, 2.75) is 12.8 Å². The van der Waals surface area contributed by atoms with Crippen molar-refractivity contribution in [3.63, 3.8) is 0 Å². The molecular formula is C9H8F3NO3. The van der Waals surface area contributed by atoms with E-state index in [1.165, 1.54) is 0 Å². The van der Waals surface area contributed by atoms with Crippen LogP contribution in [-0.4, -0.2) is 18.1 Å². The fourth-order valence-corrected chi connectivity index (χ4v) is 1.07. The summed E-state index contributed by atoms with van der Waals surface area (Å²) in [5.74, 6) is -2.33. The third-order valence-electron chi connectivity index (χ3n) is 1.91. The Hall–Kier alpha value is -1.79. The van der Waals surface area contributed by atoms with Gasteiger partial charge < -0.3 is 9.72 Å². The van der Waals surface area contributed by atoms with Crippen molar-refractivity contribution < 1.29 is 22.7 Å². The molecule has 0 unspecified atom stereocenters. The quantitative estimate of drug-likeness (QED) is 0.800. The summed E-state index contributed by atoms with van der Waals surface area (Å²) >= 11 is 0. The van der Waals surface area contributed by atoms with Crippen LogP contribution in [0.5, 0.6) is 0 Å². The number of hydrogen-bond acceptors (Lipinski definition) is 3. The van der Waals surface area contributed by atoms with Gasteiger partial charge in [0.25, 0.3) is 6.43 Å². The molecule has 88 valence electrons. The number of nitrogens with one attached hydrogen (secondary N) is 1. The molecule has 4 nitrogen and oxygen atoms in total. The minimum Gasteiger partial charge on any atom is -0.469 e. The van der Waals surface area contributed by atoms with Crippen molar-refractivity contribution in [2.75, 3.05) is 7.11 Å². The zero-order valence-corrected chi connectivity index (χ0v) is 8.22. The average Bonchev–Trinajstić information content (AvgIpc) is 2.24. The number of H-pyrrole nitrogens is 1. The van der Waals surface area contributed by atoms with Gasteiger partial charge in [0.15, 0.2) is 5.82 Å². The highest BCUT2D eigenvalue weighted by atomic mass is 19.3. The predicted octanol–water partition coefficient (Wildman–Crippen LogP) is 1.17. The number of halogens is 3. The zero-order chi connectivity index (χ0) is 12.3. The van der Waals surface area contributed by atoms with Crippen molar-refractivity contribution in [1.29, 1.82) is 0 Å². The molecule has 1 rings (SSSR count). The Morgan fingerprint density at radius 3 is 2.69 bits per heavy atom. The van der Waals surface area contributed by atoms with Crippen LogP contribution in [0.15, 0.2) is 11.0 Å². The van der Waals surface area contributed by atoms with Crippen LogP contribution in [0.3, 0.4) is 0 Å². The van der Waals surface area contributed by atoms with E-state index in [4.69, 9.17) is 0 Å². The number of esters is 1. The van der Waals surface area contributed by atoms with Gasteiger partial charge >= 0.3 is 5.97 Å². The summed E-state index contributed by atoms with van der Waals surface area (Å²) in [7, 11) is 1.10. The SMILES string of the molecule is COC(=O)Cc1c[nH]c(C(F)F)c(F)c1=O. The Morgan fingerprint density at radius 1 is 1.56 bits per heavy atom. The van der Waals surface area contributed by atoms with Crippen molar-refractivity contribution in [3.8, 4) is 0 Å². The van der Waals surface area contributed by atoms with E-state index in [1.807, 2.05) is 4.98 Å². The van der Waals surface area contributed by atoms with Crippen LogP contribution < -0.4 is 5.43 Å². The molecule has 16 heavy (non-hydrogen) atoms. The minimum absolute atomic E-state index is 0.256. The largest absolute Gasteiger partial charge is 0.469 e. The third kappa shape index (κ3) is 2.41. The maximum atomic E-state index is 13.1. The Labute approximate surface area is 88.0 Å². The molecular weight excluding hydrogens is 227 g/mol. The van der Waals surface area contributed by atoms with Gasteiger partial charge in [-0.25, -0.2) is 13.2 Å². The standard InChI is InChI=1S/C9H8F3NO3/c1-16-5(14)2-4-3-13-7(9(11)12)6(10)8(4)15/h3,9H,2H2,1H3,(H,13,15). The number of hydrogen-bond donors (Lipinski definition) is 1. The molecule has 0 saturated carbocycles. The molecule has 0 aromatic carbocycles. The van der Waals surface area contributed by atoms with E-state index in [2.05, 4.69) is 4.74 Å². The smallest absolute Gasteiger partial charge is 0.310 e. The number of aromatic nitrogens is 1. The normalized spacial score (nSPS) is 10.6. The number of pyridine rings is 1. The van der Waals surface area contributed by atoms with E-state index in [-0.39, 0.29) is 5.56 Å². The summed E-state index contributed by atoms with van der Waals surface area (Å²) in [5.41, 5.74) is -2.56. The summed E-state index contributed by atoms with van der Waals surface area (Å²) in [5, 5.41) is 0. The average molecular weight is 235 g/mol. The van der Waals surface area contributed by atoms with Gasteiger partial charge in [0, 0.05) is 11.8 Å². The Morgan fingerprint density at radius 2 is 2.19 bits per heavy atom. The Bertz CT molecular complexity index is 456. The van der Waals surface area contributed by atoms with Crippen LogP contribution in [-0.2, 0) is 16.0 Å². The van der Waals surface area contributed by atoms with E-state index in [9.17, 15) is 22.8 Å². The van der Waals surface area contributed by atoms with E-state index in [1.54, 1.807) is 0 Å². The predicted molar refractivity (Wildman–Crippen MR) is 47.7 cm³/mol. The highest BCUT2D eigenvalue weighted by molar-refractivity contribution is 5.72. The lowest BCUT2D eigenvalue weighted by Crippen LogP contribution is -2.20. The Kier molecular flexibility index (Phi) is 3.70. The summed E-state index contributed by atoms with van der Waals surface area (Å²) < 4.78 is 41.7. The van der Waals surface area contributed by atoms with Crippen molar-refractivity contribution in [1.82, 2.24) is 4.98 Å². The monoisotopic (exact) mass is 235 g/mol. The molecule has 1 aromatic rings. The number of rotatable bonds is 3. The first kappa shape index (κ1) is 12.3. The highest BCUT2D eigenvalue weighted by Gasteiger charge is 2.19. The van der Waals surface area contributed by atoms with Crippen molar-refractivity contribution in [2.24, 2.45) is 0 Å². The number of ether oxygens (including phenoxy) is 1. The van der Waals surface area contributed by atoms with Gasteiger partial charge in [0.2, 0.25) is 5.43 Å². The first-order chi connectivity index (χ1) is 7.47. The molecule has 1 aromatic heterocycles. The van der Waals surface area contributed by atoms with Crippen LogP contribution in [0.2, 0.25) is 0 Å². The van der Waals surface area contributed by atoms with E-state index >= 15 is 0 Å². The second-order valence-corrected chi connectivity index (χ2v) is 2.92. The number of aromatic amines is 1. The molecule has 0 atom stereocenters. The number of carbonyl (C=O) groups is 1. The molecule has 0 fully saturated rings. The van der Waals surface area contributed by atoms with E-state index in [0.29, 0.717) is 0 Å². The Balaban J connectivity index is 3.12. The molecule has 0 aliphatic rings. The van der Waals surface area contributed by atoms with Gasteiger partial charge in [-0.05, 0) is 0 Å². The van der Waals surface area contributed by atoms with Crippen LogP contribution >= 0.6 is 0 Å². The lowest BCUT2D eigenvalue weighted by atomic mass is 10.2. The maximum absolute atomic E-state index is 13.1. The zero-order valence-electron chi connectivity index (χ0n) is 8.22. The maximum Gasteiger partial charge on any atom is 0.310 e. The second kappa shape index (κ2) is 4.82. The molecule has 0 aliphatic heterocycles. The van der Waals surface area contributed by atoms with Gasteiger partial charge in [-0.15, -0.1) is 0 Å². The number of alkyl halides is 2. The molecule has 0 bridgehead atoms. The van der Waals surface area contributed by atoms with Gasteiger partial charge in [-0.2, -0.15) is 0 Å². The first-order valence-electron chi connectivity index (χ1n) is 4.22. The first-order valence-corrected chi connectivity index (χ1v) is 4.22. The van der Waals surface area contributed by atoms with Crippen LogP contribution in [0.1, 0.15) is 17.7 Å². The topological polar surface area (TPSA) is 59.2 Å². The number of methoxy groups -OCH3 is 1. The lowest BCUT2D eigenvalue weighted by Gasteiger charge is -2.04. The van der Waals surface area contributed by atoms with Crippen LogP contribution in [0.4, 0.5) is 13.2 Å². The molecule has 0 amide bonds. The summed E-state index contributed by atoms with van der Waals surface area (Å²) in [6.45, 7) is 0. The fraction of sp³-hybridized carbons (Fsp3) is 0.333. The van der Waals surface area contributed by atoms with Gasteiger partial charge in [-0.1, -0.05) is 0 Å². The van der Waals surface area contributed by atoms with Gasteiger partial charge in [0.1, 0.15) is 5.69 Å². The second-order valence-electron chi connectivity index (χ2n) is 2.92. The number of carbonyl (C=O) groups excluding carboxylic acids is 1. The molecule has 1 N–H and O–H groups in total. The van der Waals surface area contributed by atoms with Gasteiger partial charge in [-0.3, -0.25) is 9.59 Å². The molecule has 0 radical (unpaired) electrons. The van der Waals surface area contributed by atoms with Gasteiger partial charge in [0.05, 0.1) is 13.5 Å². The molecule has 7 heteroatoms. The summed E-state index contributed by atoms with van der Waals surface area (Å²) in [6.07, 6.45) is -2.70. The lowest BCUT2D eigenvalue weighted by molar-refractivity contribution is -0.139. The summed E-state index contributed by atoms with van der Waals surface area (Å²) in [4.78, 5) is 24.0. The summed E-state index contributed by atoms with van der Waals surface area (Å²) in [6, 6.07) is 0. The van der Waals surface area contributed by atoms with E-state index in [0.717, 1.165) is 13.3 Å². The third-order valence-corrected chi connectivity index (χ3v) is 1.91. The van der Waals surface area contributed by atoms with Crippen molar-refractivity contribution >= 4 is 5.97 Å². The molecule has 0 saturated heterocycles. The van der Waals surface area contributed by atoms with E-state index < -0.39 is 35.8 Å². The highest BCUT2D eigenvalue weighted by Crippen LogP contribution is 2.17. The molecule has 1 heterocycles. The molecule has 0 aliphatic carbocycles. The molecule has 0 spiro atoms.